The lowest BCUT2D eigenvalue weighted by Crippen LogP contribution is -2.51. The average molecular weight is 350 g/mol. The Morgan fingerprint density at radius 2 is 2.04 bits per heavy atom. The van der Waals surface area contributed by atoms with Gasteiger partial charge >= 0.3 is 5.97 Å². The third-order valence-corrected chi connectivity index (χ3v) is 4.89. The molecule has 1 aliphatic rings. The summed E-state index contributed by atoms with van der Waals surface area (Å²) in [6.45, 7) is 2.50. The van der Waals surface area contributed by atoms with Crippen molar-refractivity contribution in [1.29, 1.82) is 0 Å². The van der Waals surface area contributed by atoms with Gasteiger partial charge in [-0.05, 0) is 6.42 Å². The number of carboxylic acid groups (broad SMARTS) is 1. The number of hydrogen-bond acceptors (Lipinski definition) is 5. The van der Waals surface area contributed by atoms with Crippen LogP contribution in [0.15, 0.2) is 0 Å². The Balaban J connectivity index is 2.59. The molecular weight excluding hydrogens is 324 g/mol. The number of carboxylic acids is 1. The third kappa shape index (κ3) is 7.28. The van der Waals surface area contributed by atoms with E-state index in [1.807, 2.05) is 0 Å². The molecule has 1 heterocycles. The first-order valence-corrected chi connectivity index (χ1v) is 9.65. The maximum absolute atomic E-state index is 12.1. The molecule has 9 heteroatoms. The van der Waals surface area contributed by atoms with Crippen molar-refractivity contribution >= 4 is 21.9 Å². The van der Waals surface area contributed by atoms with E-state index in [9.17, 15) is 18.0 Å². The van der Waals surface area contributed by atoms with E-state index in [0.717, 1.165) is 29.8 Å². The molecule has 0 aromatic carbocycles. The minimum absolute atomic E-state index is 0.0379. The highest BCUT2D eigenvalue weighted by Gasteiger charge is 2.29. The first-order valence-electron chi connectivity index (χ1n) is 7.80. The quantitative estimate of drug-likeness (QED) is 0.593. The lowest BCUT2D eigenvalue weighted by Gasteiger charge is -2.35. The maximum Gasteiger partial charge on any atom is 0.318 e. The number of ether oxygens (including phenoxy) is 1. The summed E-state index contributed by atoms with van der Waals surface area (Å²) in [6.07, 6.45) is 3.81. The number of sulfonamides is 1. The van der Waals surface area contributed by atoms with Gasteiger partial charge in [-0.15, -0.1) is 0 Å². The predicted molar refractivity (Wildman–Crippen MR) is 84.5 cm³/mol. The van der Waals surface area contributed by atoms with Gasteiger partial charge in [0.05, 0.1) is 19.0 Å². The summed E-state index contributed by atoms with van der Waals surface area (Å²) < 4.78 is 29.7. The Kier molecular flexibility index (Phi) is 7.93. The number of unbranched alkanes of at least 4 members (excludes halogenated alkanes) is 2. The standard InChI is InChI=1S/C14H26N2O6S/c1-3-4-5-6-13(17)15-7-8-22-12(9-15)10-16(11-14(18)19)23(2,20)21/h12H,3-11H2,1-2H3,(H,18,19). The number of morpholine rings is 1. The molecule has 0 aliphatic carbocycles. The third-order valence-electron chi connectivity index (χ3n) is 3.67. The molecule has 0 spiro atoms. The number of carbonyl (C=O) groups is 2. The Labute approximate surface area is 137 Å². The summed E-state index contributed by atoms with van der Waals surface area (Å²) in [5.74, 6) is -1.19. The van der Waals surface area contributed by atoms with Crippen LogP contribution in [0.4, 0.5) is 0 Å². The van der Waals surface area contributed by atoms with E-state index in [1.165, 1.54) is 0 Å². The second kappa shape index (κ2) is 9.19. The molecule has 0 bridgehead atoms. The second-order valence-corrected chi connectivity index (χ2v) is 7.72. The summed E-state index contributed by atoms with van der Waals surface area (Å²) >= 11 is 0. The van der Waals surface area contributed by atoms with Gasteiger partial charge < -0.3 is 14.7 Å². The molecule has 1 atom stereocenters. The van der Waals surface area contributed by atoms with Crippen molar-refractivity contribution in [2.45, 2.75) is 38.7 Å². The van der Waals surface area contributed by atoms with Gasteiger partial charge in [-0.1, -0.05) is 19.8 Å². The van der Waals surface area contributed by atoms with Crippen molar-refractivity contribution < 1.29 is 27.9 Å². The first kappa shape index (κ1) is 19.9. The van der Waals surface area contributed by atoms with Gasteiger partial charge in [-0.25, -0.2) is 8.42 Å². The van der Waals surface area contributed by atoms with Crippen LogP contribution >= 0.6 is 0 Å². The molecule has 8 nitrogen and oxygen atoms in total. The van der Waals surface area contributed by atoms with E-state index in [4.69, 9.17) is 9.84 Å². The Morgan fingerprint density at radius 3 is 2.61 bits per heavy atom. The van der Waals surface area contributed by atoms with Gasteiger partial charge in [0.25, 0.3) is 0 Å². The average Bonchev–Trinajstić information content (AvgIpc) is 2.45. The van der Waals surface area contributed by atoms with Gasteiger partial charge in [-0.2, -0.15) is 4.31 Å². The lowest BCUT2D eigenvalue weighted by atomic mass is 10.1. The summed E-state index contributed by atoms with van der Waals surface area (Å²) in [6, 6.07) is 0. The van der Waals surface area contributed by atoms with Crippen molar-refractivity contribution in [2.75, 3.05) is 39.0 Å². The van der Waals surface area contributed by atoms with E-state index >= 15 is 0 Å². The largest absolute Gasteiger partial charge is 0.480 e. The zero-order valence-electron chi connectivity index (χ0n) is 13.7. The van der Waals surface area contributed by atoms with Gasteiger partial charge in [0.1, 0.15) is 6.54 Å². The fourth-order valence-electron chi connectivity index (χ4n) is 2.44. The molecule has 1 unspecified atom stereocenters. The lowest BCUT2D eigenvalue weighted by molar-refractivity contribution is -0.141. The predicted octanol–water partition coefficient (Wildman–Crippen LogP) is 0.140. The molecule has 1 aliphatic heterocycles. The highest BCUT2D eigenvalue weighted by atomic mass is 32.2. The molecule has 0 radical (unpaired) electrons. The highest BCUT2D eigenvalue weighted by molar-refractivity contribution is 7.88. The van der Waals surface area contributed by atoms with Crippen molar-refractivity contribution in [2.24, 2.45) is 0 Å². The molecule has 0 aromatic heterocycles. The Hall–Kier alpha value is -1.19. The summed E-state index contributed by atoms with van der Waals surface area (Å²) in [4.78, 5) is 24.6. The van der Waals surface area contributed by atoms with E-state index in [2.05, 4.69) is 6.92 Å². The van der Waals surface area contributed by atoms with Crippen LogP contribution in [-0.2, 0) is 24.3 Å². The van der Waals surface area contributed by atoms with Crippen LogP contribution in [0.1, 0.15) is 32.6 Å². The Morgan fingerprint density at radius 1 is 1.35 bits per heavy atom. The van der Waals surface area contributed by atoms with E-state index in [1.54, 1.807) is 4.90 Å². The van der Waals surface area contributed by atoms with Crippen LogP contribution in [0.25, 0.3) is 0 Å². The van der Waals surface area contributed by atoms with Crippen LogP contribution in [-0.4, -0.2) is 79.8 Å². The minimum atomic E-state index is -3.65. The first-order chi connectivity index (χ1) is 10.7. The molecular formula is C14H26N2O6S. The summed E-state index contributed by atoms with van der Waals surface area (Å²) in [5.41, 5.74) is 0. The smallest absolute Gasteiger partial charge is 0.318 e. The summed E-state index contributed by atoms with van der Waals surface area (Å²) in [7, 11) is -3.65. The van der Waals surface area contributed by atoms with E-state index in [0.29, 0.717) is 19.6 Å². The van der Waals surface area contributed by atoms with Gasteiger partial charge in [0.2, 0.25) is 15.9 Å². The van der Waals surface area contributed by atoms with E-state index in [-0.39, 0.29) is 19.0 Å². The van der Waals surface area contributed by atoms with Crippen LogP contribution < -0.4 is 0 Å². The SMILES string of the molecule is CCCCCC(=O)N1CCOC(CN(CC(=O)O)S(C)(=O)=O)C1. The van der Waals surface area contributed by atoms with Crippen LogP contribution in [0.3, 0.4) is 0 Å². The molecule has 1 fully saturated rings. The molecule has 1 rings (SSSR count). The molecule has 23 heavy (non-hydrogen) atoms. The molecule has 1 amide bonds. The maximum atomic E-state index is 12.1. The zero-order chi connectivity index (χ0) is 17.5. The number of hydrogen-bond donors (Lipinski definition) is 1. The van der Waals surface area contributed by atoms with Gasteiger partial charge in [-0.3, -0.25) is 9.59 Å². The number of amides is 1. The number of carbonyl (C=O) groups excluding carboxylic acids is 1. The topological polar surface area (TPSA) is 104 Å². The molecule has 0 saturated carbocycles. The summed E-state index contributed by atoms with van der Waals surface area (Å²) in [5, 5.41) is 8.83. The fourth-order valence-corrected chi connectivity index (χ4v) is 3.22. The Bertz CT molecular complexity index is 507. The number of aliphatic carboxylic acids is 1. The minimum Gasteiger partial charge on any atom is -0.480 e. The van der Waals surface area contributed by atoms with E-state index < -0.39 is 28.6 Å². The highest BCUT2D eigenvalue weighted by Crippen LogP contribution is 2.12. The number of nitrogens with zero attached hydrogens (tertiary/aromatic N) is 2. The van der Waals surface area contributed by atoms with Crippen LogP contribution in [0.5, 0.6) is 0 Å². The fraction of sp³-hybridized carbons (Fsp3) is 0.857. The molecule has 1 saturated heterocycles. The molecule has 0 aromatic rings. The molecule has 1 N–H and O–H groups in total. The van der Waals surface area contributed by atoms with Crippen molar-refractivity contribution in [1.82, 2.24) is 9.21 Å². The van der Waals surface area contributed by atoms with Crippen LogP contribution in [0.2, 0.25) is 0 Å². The monoisotopic (exact) mass is 350 g/mol. The van der Waals surface area contributed by atoms with Crippen molar-refractivity contribution in [3.8, 4) is 0 Å². The molecule has 134 valence electrons. The van der Waals surface area contributed by atoms with Gasteiger partial charge in [0, 0.05) is 26.1 Å². The zero-order valence-corrected chi connectivity index (χ0v) is 14.5. The second-order valence-electron chi connectivity index (χ2n) is 5.74. The van der Waals surface area contributed by atoms with Gasteiger partial charge in [0.15, 0.2) is 0 Å². The van der Waals surface area contributed by atoms with Crippen molar-refractivity contribution in [3.05, 3.63) is 0 Å². The number of rotatable bonds is 9. The van der Waals surface area contributed by atoms with Crippen LogP contribution in [0, 0.1) is 0 Å². The van der Waals surface area contributed by atoms with Crippen molar-refractivity contribution in [3.63, 3.8) is 0 Å². The normalized spacial score (nSPS) is 19.1.